The van der Waals surface area contributed by atoms with Crippen LogP contribution in [0.1, 0.15) is 28.8 Å². The van der Waals surface area contributed by atoms with Crippen molar-refractivity contribution < 1.29 is 17.9 Å². The first-order valence-electron chi connectivity index (χ1n) is 11.1. The lowest BCUT2D eigenvalue weighted by Gasteiger charge is -2.31. The zero-order valence-corrected chi connectivity index (χ0v) is 19.2. The minimum absolute atomic E-state index is 0.135. The van der Waals surface area contributed by atoms with Crippen molar-refractivity contribution >= 4 is 15.9 Å². The average molecular weight is 465 g/mol. The highest BCUT2D eigenvalue weighted by molar-refractivity contribution is 7.89. The van der Waals surface area contributed by atoms with E-state index in [4.69, 9.17) is 4.74 Å². The zero-order chi connectivity index (χ0) is 23.1. The molecule has 1 aliphatic rings. The average Bonchev–Trinajstić information content (AvgIpc) is 2.88. The van der Waals surface area contributed by atoms with Gasteiger partial charge in [0.15, 0.2) is 0 Å². The fraction of sp³-hybridized carbons (Fsp3) is 0.269. The highest BCUT2D eigenvalue weighted by atomic mass is 32.2. The van der Waals surface area contributed by atoms with Gasteiger partial charge in [0, 0.05) is 25.2 Å². The normalized spacial score (nSPS) is 15.2. The van der Waals surface area contributed by atoms with Gasteiger partial charge in [0.2, 0.25) is 10.0 Å². The van der Waals surface area contributed by atoms with Crippen molar-refractivity contribution in [3.8, 4) is 5.75 Å². The standard InChI is InChI=1S/C26H28N2O4S/c29-26(23-11-13-24(14-12-23)32-20-22-7-3-1-4-8-22)27-19-21-15-17-28(18-16-21)33(30,31)25-9-5-2-6-10-25/h1-14,21H,15-20H2,(H,27,29). The third kappa shape index (κ3) is 6.00. The van der Waals surface area contributed by atoms with E-state index in [-0.39, 0.29) is 11.8 Å². The van der Waals surface area contributed by atoms with Crippen LogP contribution in [0.15, 0.2) is 89.8 Å². The maximum Gasteiger partial charge on any atom is 0.251 e. The van der Waals surface area contributed by atoms with Crippen molar-refractivity contribution in [3.05, 3.63) is 96.1 Å². The predicted molar refractivity (Wildman–Crippen MR) is 127 cm³/mol. The molecule has 7 heteroatoms. The van der Waals surface area contributed by atoms with Crippen molar-refractivity contribution in [2.45, 2.75) is 24.3 Å². The smallest absolute Gasteiger partial charge is 0.251 e. The van der Waals surface area contributed by atoms with Crippen molar-refractivity contribution in [2.75, 3.05) is 19.6 Å². The Morgan fingerprint density at radius 3 is 2.12 bits per heavy atom. The van der Waals surface area contributed by atoms with Gasteiger partial charge in [-0.15, -0.1) is 0 Å². The lowest BCUT2D eigenvalue weighted by Crippen LogP contribution is -2.41. The Morgan fingerprint density at radius 1 is 0.879 bits per heavy atom. The number of hydrogen-bond acceptors (Lipinski definition) is 4. The molecule has 1 N–H and O–H groups in total. The predicted octanol–water partition coefficient (Wildman–Crippen LogP) is 4.10. The first-order valence-corrected chi connectivity index (χ1v) is 12.6. The second-order valence-corrected chi connectivity index (χ2v) is 10.1. The van der Waals surface area contributed by atoms with Crippen LogP contribution in [0, 0.1) is 5.92 Å². The van der Waals surface area contributed by atoms with Gasteiger partial charge < -0.3 is 10.1 Å². The van der Waals surface area contributed by atoms with Crippen LogP contribution in [0.5, 0.6) is 5.75 Å². The van der Waals surface area contributed by atoms with E-state index in [0.29, 0.717) is 42.4 Å². The van der Waals surface area contributed by atoms with E-state index in [2.05, 4.69) is 5.32 Å². The number of rotatable bonds is 8. The number of ether oxygens (including phenoxy) is 1. The number of hydrogen-bond donors (Lipinski definition) is 1. The third-order valence-electron chi connectivity index (χ3n) is 5.87. The molecule has 0 aliphatic carbocycles. The van der Waals surface area contributed by atoms with Crippen molar-refractivity contribution in [1.29, 1.82) is 0 Å². The molecule has 0 unspecified atom stereocenters. The van der Waals surface area contributed by atoms with Gasteiger partial charge >= 0.3 is 0 Å². The summed E-state index contributed by atoms with van der Waals surface area (Å²) in [7, 11) is -3.45. The summed E-state index contributed by atoms with van der Waals surface area (Å²) in [4.78, 5) is 12.9. The molecule has 1 heterocycles. The number of amides is 1. The summed E-state index contributed by atoms with van der Waals surface area (Å²) in [6, 6.07) is 25.5. The molecule has 3 aromatic rings. The molecule has 0 atom stereocenters. The number of carbonyl (C=O) groups excluding carboxylic acids is 1. The van der Waals surface area contributed by atoms with Gasteiger partial charge in [0.25, 0.3) is 5.91 Å². The molecule has 1 saturated heterocycles. The monoisotopic (exact) mass is 464 g/mol. The van der Waals surface area contributed by atoms with Crippen LogP contribution in [0.2, 0.25) is 0 Å². The Balaban J connectivity index is 1.22. The summed E-state index contributed by atoms with van der Waals surface area (Å²) in [6.45, 7) is 1.94. The molecule has 33 heavy (non-hydrogen) atoms. The van der Waals surface area contributed by atoms with Crippen molar-refractivity contribution in [3.63, 3.8) is 0 Å². The number of sulfonamides is 1. The second-order valence-electron chi connectivity index (χ2n) is 8.17. The SMILES string of the molecule is O=C(NCC1CCN(S(=O)(=O)c2ccccc2)CC1)c1ccc(OCc2ccccc2)cc1. The van der Waals surface area contributed by atoms with Gasteiger partial charge in [-0.2, -0.15) is 4.31 Å². The molecule has 1 aliphatic heterocycles. The Bertz CT molecular complexity index is 1140. The molecule has 0 radical (unpaired) electrons. The lowest BCUT2D eigenvalue weighted by atomic mass is 9.98. The quantitative estimate of drug-likeness (QED) is 0.545. The van der Waals surface area contributed by atoms with E-state index in [1.807, 2.05) is 30.3 Å². The van der Waals surface area contributed by atoms with Crippen molar-refractivity contribution in [2.24, 2.45) is 5.92 Å². The van der Waals surface area contributed by atoms with Gasteiger partial charge in [-0.3, -0.25) is 4.79 Å². The second kappa shape index (κ2) is 10.6. The van der Waals surface area contributed by atoms with E-state index in [1.165, 1.54) is 4.31 Å². The molecule has 0 saturated carbocycles. The molecule has 6 nitrogen and oxygen atoms in total. The molecule has 1 amide bonds. The summed E-state index contributed by atoms with van der Waals surface area (Å²) < 4.78 is 32.8. The van der Waals surface area contributed by atoms with Gasteiger partial charge in [-0.1, -0.05) is 48.5 Å². The Labute approximate surface area is 195 Å². The fourth-order valence-corrected chi connectivity index (χ4v) is 5.37. The van der Waals surface area contributed by atoms with E-state index in [1.54, 1.807) is 54.6 Å². The van der Waals surface area contributed by atoms with Crippen LogP contribution in [0.25, 0.3) is 0 Å². The molecule has 0 spiro atoms. The number of nitrogens with zero attached hydrogens (tertiary/aromatic N) is 1. The van der Waals surface area contributed by atoms with E-state index < -0.39 is 10.0 Å². The molecule has 0 aromatic heterocycles. The molecule has 0 bridgehead atoms. The van der Waals surface area contributed by atoms with Crippen molar-refractivity contribution in [1.82, 2.24) is 9.62 Å². The molecule has 4 rings (SSSR count). The van der Waals surface area contributed by atoms with Crippen LogP contribution in [-0.4, -0.2) is 38.3 Å². The largest absolute Gasteiger partial charge is 0.489 e. The van der Waals surface area contributed by atoms with Gasteiger partial charge in [0.05, 0.1) is 4.90 Å². The van der Waals surface area contributed by atoms with Crippen LogP contribution in [0.4, 0.5) is 0 Å². The molecule has 1 fully saturated rings. The van der Waals surface area contributed by atoms with Crippen LogP contribution < -0.4 is 10.1 Å². The lowest BCUT2D eigenvalue weighted by molar-refractivity contribution is 0.0941. The summed E-state index contributed by atoms with van der Waals surface area (Å²) in [5.41, 5.74) is 1.66. The van der Waals surface area contributed by atoms with E-state index >= 15 is 0 Å². The van der Waals surface area contributed by atoms with Gasteiger partial charge in [0.1, 0.15) is 12.4 Å². The van der Waals surface area contributed by atoms with Gasteiger partial charge in [-0.25, -0.2) is 8.42 Å². The van der Waals surface area contributed by atoms with E-state index in [9.17, 15) is 13.2 Å². The van der Waals surface area contributed by atoms with Crippen LogP contribution >= 0.6 is 0 Å². The van der Waals surface area contributed by atoms with Crippen LogP contribution in [0.3, 0.4) is 0 Å². The first-order chi connectivity index (χ1) is 16.0. The summed E-state index contributed by atoms with van der Waals surface area (Å²) in [6.07, 6.45) is 1.44. The summed E-state index contributed by atoms with van der Waals surface area (Å²) in [5.74, 6) is 0.830. The minimum atomic E-state index is -3.45. The molecule has 3 aromatic carbocycles. The number of carbonyl (C=O) groups is 1. The topological polar surface area (TPSA) is 75.7 Å². The summed E-state index contributed by atoms with van der Waals surface area (Å²) in [5, 5.41) is 2.98. The molecule has 172 valence electrons. The highest BCUT2D eigenvalue weighted by Gasteiger charge is 2.29. The maximum absolute atomic E-state index is 12.7. The Kier molecular flexibility index (Phi) is 7.42. The van der Waals surface area contributed by atoms with Gasteiger partial charge in [-0.05, 0) is 60.7 Å². The number of benzene rings is 3. The Hall–Kier alpha value is -3.16. The van der Waals surface area contributed by atoms with Crippen LogP contribution in [-0.2, 0) is 16.6 Å². The van der Waals surface area contributed by atoms with E-state index in [0.717, 1.165) is 18.4 Å². The number of nitrogens with one attached hydrogen (secondary N) is 1. The molecular formula is C26H28N2O4S. The minimum Gasteiger partial charge on any atom is -0.489 e. The first kappa shape index (κ1) is 23.0. The zero-order valence-electron chi connectivity index (χ0n) is 18.4. The Morgan fingerprint density at radius 2 is 1.48 bits per heavy atom. The summed E-state index contributed by atoms with van der Waals surface area (Å²) >= 11 is 0. The maximum atomic E-state index is 12.7. The molecular weight excluding hydrogens is 436 g/mol. The fourth-order valence-electron chi connectivity index (χ4n) is 3.88. The third-order valence-corrected chi connectivity index (χ3v) is 7.78. The highest BCUT2D eigenvalue weighted by Crippen LogP contribution is 2.23. The number of piperidine rings is 1.